The average Bonchev–Trinajstić information content (AvgIpc) is 2.71. The molecule has 3 rings (SSSR count). The molecule has 2 aromatic rings. The third-order valence-corrected chi connectivity index (χ3v) is 4.59. The van der Waals surface area contributed by atoms with Gasteiger partial charge in [0.25, 0.3) is 5.91 Å². The van der Waals surface area contributed by atoms with Gasteiger partial charge >= 0.3 is 0 Å². The summed E-state index contributed by atoms with van der Waals surface area (Å²) < 4.78 is 5.00. The van der Waals surface area contributed by atoms with Crippen LogP contribution in [-0.2, 0) is 4.74 Å². The molecule has 0 unspecified atom stereocenters. The van der Waals surface area contributed by atoms with Gasteiger partial charge in [-0.1, -0.05) is 18.2 Å². The summed E-state index contributed by atoms with van der Waals surface area (Å²) in [5.41, 5.74) is 1.66. The zero-order valence-electron chi connectivity index (χ0n) is 16.0. The number of aryl methyl sites for hydroxylation is 1. The number of para-hydroxylation sites is 1. The summed E-state index contributed by atoms with van der Waals surface area (Å²) >= 11 is 0. The summed E-state index contributed by atoms with van der Waals surface area (Å²) in [5, 5.41) is 2.88. The number of amides is 1. The first-order valence-electron chi connectivity index (χ1n) is 9.35. The van der Waals surface area contributed by atoms with Crippen molar-refractivity contribution < 1.29 is 9.53 Å². The molecular formula is C20H27N5O2. The van der Waals surface area contributed by atoms with E-state index in [0.717, 1.165) is 38.4 Å². The molecule has 1 fully saturated rings. The summed E-state index contributed by atoms with van der Waals surface area (Å²) in [6.45, 7) is 6.59. The zero-order chi connectivity index (χ0) is 19.1. The fourth-order valence-corrected chi connectivity index (χ4v) is 3.17. The smallest absolute Gasteiger partial charge is 0.270 e. The van der Waals surface area contributed by atoms with Gasteiger partial charge < -0.3 is 19.9 Å². The molecule has 0 atom stereocenters. The lowest BCUT2D eigenvalue weighted by Crippen LogP contribution is -2.47. The fourth-order valence-electron chi connectivity index (χ4n) is 3.17. The van der Waals surface area contributed by atoms with Crippen LogP contribution < -0.4 is 15.1 Å². The van der Waals surface area contributed by atoms with Crippen LogP contribution in [0.25, 0.3) is 0 Å². The molecule has 7 heteroatoms. The number of hydrogen-bond donors (Lipinski definition) is 1. The van der Waals surface area contributed by atoms with Crippen LogP contribution in [0.3, 0.4) is 0 Å². The zero-order valence-corrected chi connectivity index (χ0v) is 16.0. The molecule has 2 heterocycles. The third kappa shape index (κ3) is 5.17. The predicted molar refractivity (Wildman–Crippen MR) is 106 cm³/mol. The van der Waals surface area contributed by atoms with Gasteiger partial charge in [0.2, 0.25) is 0 Å². The first-order chi connectivity index (χ1) is 13.2. The maximum Gasteiger partial charge on any atom is 0.270 e. The number of benzene rings is 1. The van der Waals surface area contributed by atoms with Crippen molar-refractivity contribution in [1.29, 1.82) is 0 Å². The highest BCUT2D eigenvalue weighted by molar-refractivity contribution is 5.92. The Morgan fingerprint density at radius 1 is 1.11 bits per heavy atom. The Hall–Kier alpha value is -2.67. The van der Waals surface area contributed by atoms with E-state index < -0.39 is 0 Å². The molecule has 1 aliphatic rings. The minimum absolute atomic E-state index is 0.166. The van der Waals surface area contributed by atoms with E-state index in [9.17, 15) is 4.79 Å². The van der Waals surface area contributed by atoms with E-state index in [0.29, 0.717) is 24.7 Å². The summed E-state index contributed by atoms with van der Waals surface area (Å²) in [6, 6.07) is 12.2. The number of nitrogens with zero attached hydrogens (tertiary/aromatic N) is 4. The van der Waals surface area contributed by atoms with Crippen LogP contribution in [0.1, 0.15) is 22.7 Å². The van der Waals surface area contributed by atoms with E-state index in [2.05, 4.69) is 49.4 Å². The highest BCUT2D eigenvalue weighted by Gasteiger charge is 2.20. The van der Waals surface area contributed by atoms with Crippen LogP contribution in [0.4, 0.5) is 11.5 Å². The Bertz CT molecular complexity index is 745. The Kier molecular flexibility index (Phi) is 6.59. The Balaban J connectivity index is 1.62. The number of ether oxygens (including phenoxy) is 1. The SMILES string of the molecule is COCCCNC(=O)c1cc(N2CCN(c3ccccc3)CC2)nc(C)n1. The van der Waals surface area contributed by atoms with Gasteiger partial charge in [-0.25, -0.2) is 9.97 Å². The van der Waals surface area contributed by atoms with E-state index in [4.69, 9.17) is 4.74 Å². The molecule has 0 radical (unpaired) electrons. The van der Waals surface area contributed by atoms with Crippen molar-refractivity contribution in [1.82, 2.24) is 15.3 Å². The second kappa shape index (κ2) is 9.32. The highest BCUT2D eigenvalue weighted by atomic mass is 16.5. The molecule has 1 N–H and O–H groups in total. The second-order valence-electron chi connectivity index (χ2n) is 6.57. The van der Waals surface area contributed by atoms with Crippen LogP contribution >= 0.6 is 0 Å². The number of nitrogens with one attached hydrogen (secondary N) is 1. The van der Waals surface area contributed by atoms with E-state index in [1.807, 2.05) is 13.0 Å². The second-order valence-corrected chi connectivity index (χ2v) is 6.57. The van der Waals surface area contributed by atoms with Crippen LogP contribution in [0.15, 0.2) is 36.4 Å². The van der Waals surface area contributed by atoms with Gasteiger partial charge in [-0.3, -0.25) is 4.79 Å². The molecule has 0 spiro atoms. The molecule has 144 valence electrons. The van der Waals surface area contributed by atoms with E-state index in [1.165, 1.54) is 5.69 Å². The number of methoxy groups -OCH3 is 1. The van der Waals surface area contributed by atoms with Gasteiger partial charge in [0, 0.05) is 58.2 Å². The Morgan fingerprint density at radius 2 is 1.81 bits per heavy atom. The van der Waals surface area contributed by atoms with Gasteiger partial charge in [-0.2, -0.15) is 0 Å². The molecule has 0 saturated carbocycles. The quantitative estimate of drug-likeness (QED) is 0.752. The third-order valence-electron chi connectivity index (χ3n) is 4.59. The molecule has 0 aliphatic carbocycles. The molecule has 1 amide bonds. The summed E-state index contributed by atoms with van der Waals surface area (Å²) in [4.78, 5) is 25.8. The van der Waals surface area contributed by atoms with E-state index in [-0.39, 0.29) is 5.91 Å². The monoisotopic (exact) mass is 369 g/mol. The maximum atomic E-state index is 12.4. The molecule has 1 saturated heterocycles. The lowest BCUT2D eigenvalue weighted by atomic mass is 10.2. The molecule has 1 aliphatic heterocycles. The number of carbonyl (C=O) groups excluding carboxylic acids is 1. The van der Waals surface area contributed by atoms with Crippen molar-refractivity contribution in [2.75, 3.05) is 56.2 Å². The average molecular weight is 369 g/mol. The largest absolute Gasteiger partial charge is 0.385 e. The van der Waals surface area contributed by atoms with Crippen LogP contribution in [-0.4, -0.2) is 62.3 Å². The topological polar surface area (TPSA) is 70.6 Å². The van der Waals surface area contributed by atoms with E-state index in [1.54, 1.807) is 13.2 Å². The lowest BCUT2D eigenvalue weighted by molar-refractivity contribution is 0.0943. The van der Waals surface area contributed by atoms with Crippen LogP contribution in [0.2, 0.25) is 0 Å². The summed E-state index contributed by atoms with van der Waals surface area (Å²) in [5.74, 6) is 1.26. The lowest BCUT2D eigenvalue weighted by Gasteiger charge is -2.36. The van der Waals surface area contributed by atoms with Crippen molar-refractivity contribution in [2.24, 2.45) is 0 Å². The van der Waals surface area contributed by atoms with Crippen molar-refractivity contribution in [3.63, 3.8) is 0 Å². The summed E-state index contributed by atoms with van der Waals surface area (Å²) in [6.07, 6.45) is 0.778. The van der Waals surface area contributed by atoms with E-state index >= 15 is 0 Å². The minimum atomic E-state index is -0.166. The molecule has 27 heavy (non-hydrogen) atoms. The number of hydrogen-bond acceptors (Lipinski definition) is 6. The van der Waals surface area contributed by atoms with Gasteiger partial charge in [0.15, 0.2) is 0 Å². The van der Waals surface area contributed by atoms with Crippen molar-refractivity contribution in [3.05, 3.63) is 47.9 Å². The minimum Gasteiger partial charge on any atom is -0.385 e. The molecule has 1 aromatic carbocycles. The number of anilines is 2. The first kappa shape index (κ1) is 19.1. The van der Waals surface area contributed by atoms with Gasteiger partial charge in [0.1, 0.15) is 17.3 Å². The molecule has 7 nitrogen and oxygen atoms in total. The van der Waals surface area contributed by atoms with Gasteiger partial charge in [0.05, 0.1) is 0 Å². The fraction of sp³-hybridized carbons (Fsp3) is 0.450. The Labute approximate surface area is 160 Å². The van der Waals surface area contributed by atoms with Gasteiger partial charge in [-0.05, 0) is 25.5 Å². The summed E-state index contributed by atoms with van der Waals surface area (Å²) in [7, 11) is 1.65. The Morgan fingerprint density at radius 3 is 2.52 bits per heavy atom. The standard InChI is InChI=1S/C20H27N5O2/c1-16-22-18(20(26)21-9-6-14-27-2)15-19(23-16)25-12-10-24(11-13-25)17-7-4-3-5-8-17/h3-5,7-8,15H,6,9-14H2,1-2H3,(H,21,26). The first-order valence-corrected chi connectivity index (χ1v) is 9.35. The number of aromatic nitrogens is 2. The molecule has 1 aromatic heterocycles. The number of carbonyl (C=O) groups is 1. The number of rotatable bonds is 7. The molecular weight excluding hydrogens is 342 g/mol. The van der Waals surface area contributed by atoms with Crippen molar-refractivity contribution in [3.8, 4) is 0 Å². The molecule has 0 bridgehead atoms. The maximum absolute atomic E-state index is 12.4. The van der Waals surface area contributed by atoms with Crippen LogP contribution in [0, 0.1) is 6.92 Å². The van der Waals surface area contributed by atoms with Crippen molar-refractivity contribution in [2.45, 2.75) is 13.3 Å². The predicted octanol–water partition coefficient (Wildman–Crippen LogP) is 1.88. The van der Waals surface area contributed by atoms with Gasteiger partial charge in [-0.15, -0.1) is 0 Å². The van der Waals surface area contributed by atoms with Crippen molar-refractivity contribution >= 4 is 17.4 Å². The van der Waals surface area contributed by atoms with Crippen LogP contribution in [0.5, 0.6) is 0 Å². The normalized spacial score (nSPS) is 14.3. The highest BCUT2D eigenvalue weighted by Crippen LogP contribution is 2.19. The number of piperazine rings is 1.